The van der Waals surface area contributed by atoms with Crippen LogP contribution in [-0.4, -0.2) is 19.0 Å². The maximum Gasteiger partial charge on any atom is 0.219 e. The molecule has 0 radical (unpaired) electrons. The van der Waals surface area contributed by atoms with Crippen LogP contribution < -0.4 is 10.6 Å². The normalized spacial score (nSPS) is 10.4. The number of benzene rings is 1. The molecule has 0 aromatic heterocycles. The molecule has 1 amide bonds. The molecule has 106 valence electrons. The zero-order valence-corrected chi connectivity index (χ0v) is 12.2. The van der Waals surface area contributed by atoms with E-state index in [1.807, 2.05) is 0 Å². The first-order valence-electron chi connectivity index (χ1n) is 7.23. The number of nitrogens with two attached hydrogens (primary N) is 1. The molecule has 1 rings (SSSR count). The minimum absolute atomic E-state index is 0.230. The lowest BCUT2D eigenvalue weighted by Gasteiger charge is -2.24. The molecule has 0 heterocycles. The minimum atomic E-state index is -0.230. The molecule has 19 heavy (non-hydrogen) atoms. The van der Waals surface area contributed by atoms with Gasteiger partial charge in [0.25, 0.3) is 0 Å². The number of carbonyl (C=O) groups is 1. The second kappa shape index (κ2) is 8.57. The van der Waals surface area contributed by atoms with Crippen molar-refractivity contribution < 1.29 is 4.79 Å². The summed E-state index contributed by atoms with van der Waals surface area (Å²) in [6.45, 7) is 6.01. The minimum Gasteiger partial charge on any atom is -0.371 e. The van der Waals surface area contributed by atoms with E-state index in [1.54, 1.807) is 0 Å². The molecule has 1 aromatic carbocycles. The summed E-state index contributed by atoms with van der Waals surface area (Å²) >= 11 is 0. The number of rotatable bonds is 9. The van der Waals surface area contributed by atoms with Gasteiger partial charge in [0.15, 0.2) is 0 Å². The second-order valence-corrected chi connectivity index (χ2v) is 5.10. The predicted octanol–water partition coefficient (Wildman–Crippen LogP) is 3.26. The van der Waals surface area contributed by atoms with Crippen LogP contribution in [-0.2, 0) is 4.79 Å². The lowest BCUT2D eigenvalue weighted by molar-refractivity contribution is -0.117. The average Bonchev–Trinajstić information content (AvgIpc) is 2.37. The van der Waals surface area contributed by atoms with Crippen LogP contribution >= 0.6 is 0 Å². The summed E-state index contributed by atoms with van der Waals surface area (Å²) in [5, 5.41) is 0. The number of nitrogens with zero attached hydrogens (tertiary/aromatic N) is 1. The van der Waals surface area contributed by atoms with E-state index in [2.05, 4.69) is 43.0 Å². The first-order chi connectivity index (χ1) is 9.13. The van der Waals surface area contributed by atoms with Crippen molar-refractivity contribution in [3.05, 3.63) is 29.8 Å². The fourth-order valence-electron chi connectivity index (χ4n) is 2.17. The summed E-state index contributed by atoms with van der Waals surface area (Å²) in [5.41, 5.74) is 7.70. The monoisotopic (exact) mass is 262 g/mol. The molecule has 0 fully saturated rings. The van der Waals surface area contributed by atoms with E-state index >= 15 is 0 Å². The topological polar surface area (TPSA) is 46.3 Å². The van der Waals surface area contributed by atoms with Crippen LogP contribution in [0.3, 0.4) is 0 Å². The average molecular weight is 262 g/mol. The van der Waals surface area contributed by atoms with Crippen LogP contribution in [0.2, 0.25) is 0 Å². The highest BCUT2D eigenvalue weighted by atomic mass is 16.1. The Kier molecular flexibility index (Phi) is 7.01. The van der Waals surface area contributed by atoms with Crippen molar-refractivity contribution >= 4 is 11.6 Å². The van der Waals surface area contributed by atoms with E-state index in [1.165, 1.54) is 36.9 Å². The Morgan fingerprint density at radius 2 is 2.00 bits per heavy atom. The van der Waals surface area contributed by atoms with Crippen molar-refractivity contribution in [3.8, 4) is 0 Å². The second-order valence-electron chi connectivity index (χ2n) is 5.10. The van der Waals surface area contributed by atoms with Crippen LogP contribution in [0, 0.1) is 6.92 Å². The Hall–Kier alpha value is -1.51. The first-order valence-corrected chi connectivity index (χ1v) is 7.23. The molecular weight excluding hydrogens is 236 g/mol. The maximum absolute atomic E-state index is 11.0. The first kappa shape index (κ1) is 15.5. The van der Waals surface area contributed by atoms with Crippen LogP contribution in [0.5, 0.6) is 0 Å². The van der Waals surface area contributed by atoms with Gasteiger partial charge in [0.05, 0.1) is 0 Å². The Bertz CT molecular complexity index is 390. The SMILES string of the molecule is CCCCCCN(CCC(N)=O)c1cccc(C)c1. The number of carbonyl (C=O) groups excluding carboxylic acids is 1. The summed E-state index contributed by atoms with van der Waals surface area (Å²) in [7, 11) is 0. The summed E-state index contributed by atoms with van der Waals surface area (Å²) in [5.74, 6) is -0.230. The van der Waals surface area contributed by atoms with E-state index in [9.17, 15) is 4.79 Å². The summed E-state index contributed by atoms with van der Waals surface area (Å²) in [6, 6.07) is 8.43. The summed E-state index contributed by atoms with van der Waals surface area (Å²) in [6.07, 6.45) is 5.35. The molecule has 2 N–H and O–H groups in total. The molecule has 1 aromatic rings. The number of hydrogen-bond donors (Lipinski definition) is 1. The number of primary amides is 1. The van der Waals surface area contributed by atoms with Gasteiger partial charge in [-0.15, -0.1) is 0 Å². The third-order valence-corrected chi connectivity index (χ3v) is 3.28. The molecule has 0 aliphatic rings. The Morgan fingerprint density at radius 1 is 1.21 bits per heavy atom. The van der Waals surface area contributed by atoms with E-state index in [4.69, 9.17) is 5.73 Å². The molecule has 0 unspecified atom stereocenters. The number of anilines is 1. The molecular formula is C16H26N2O. The van der Waals surface area contributed by atoms with Gasteiger partial charge in [-0.25, -0.2) is 0 Å². The van der Waals surface area contributed by atoms with Gasteiger partial charge >= 0.3 is 0 Å². The molecule has 0 aliphatic heterocycles. The molecule has 3 heteroatoms. The Labute approximate surface area is 116 Å². The van der Waals surface area contributed by atoms with Gasteiger partial charge in [0.2, 0.25) is 5.91 Å². The largest absolute Gasteiger partial charge is 0.371 e. The smallest absolute Gasteiger partial charge is 0.219 e. The van der Waals surface area contributed by atoms with Crippen molar-refractivity contribution in [1.82, 2.24) is 0 Å². The van der Waals surface area contributed by atoms with E-state index in [0.29, 0.717) is 13.0 Å². The van der Waals surface area contributed by atoms with Gasteiger partial charge in [-0.05, 0) is 31.0 Å². The highest BCUT2D eigenvalue weighted by molar-refractivity contribution is 5.74. The highest BCUT2D eigenvalue weighted by Crippen LogP contribution is 2.17. The number of amides is 1. The van der Waals surface area contributed by atoms with E-state index in [0.717, 1.165) is 6.54 Å². The van der Waals surface area contributed by atoms with E-state index < -0.39 is 0 Å². The van der Waals surface area contributed by atoms with Crippen molar-refractivity contribution in [2.24, 2.45) is 5.73 Å². The van der Waals surface area contributed by atoms with Gasteiger partial charge < -0.3 is 10.6 Å². The van der Waals surface area contributed by atoms with Crippen LogP contribution in [0.4, 0.5) is 5.69 Å². The molecule has 0 saturated carbocycles. The third-order valence-electron chi connectivity index (χ3n) is 3.28. The predicted molar refractivity (Wildman–Crippen MR) is 81.3 cm³/mol. The van der Waals surface area contributed by atoms with Crippen molar-refractivity contribution in [2.45, 2.75) is 46.0 Å². The summed E-state index contributed by atoms with van der Waals surface area (Å²) in [4.78, 5) is 13.2. The number of unbranched alkanes of at least 4 members (excludes halogenated alkanes) is 3. The lowest BCUT2D eigenvalue weighted by Crippen LogP contribution is -2.29. The molecule has 0 aliphatic carbocycles. The number of aryl methyl sites for hydroxylation is 1. The fraction of sp³-hybridized carbons (Fsp3) is 0.562. The molecule has 0 saturated heterocycles. The van der Waals surface area contributed by atoms with Crippen molar-refractivity contribution in [1.29, 1.82) is 0 Å². The van der Waals surface area contributed by atoms with Crippen LogP contribution in [0.15, 0.2) is 24.3 Å². The third kappa shape index (κ3) is 6.27. The van der Waals surface area contributed by atoms with Crippen molar-refractivity contribution in [2.75, 3.05) is 18.0 Å². The molecule has 0 spiro atoms. The van der Waals surface area contributed by atoms with Crippen molar-refractivity contribution in [3.63, 3.8) is 0 Å². The molecule has 0 bridgehead atoms. The van der Waals surface area contributed by atoms with Gasteiger partial charge in [-0.2, -0.15) is 0 Å². The highest BCUT2D eigenvalue weighted by Gasteiger charge is 2.07. The maximum atomic E-state index is 11.0. The zero-order chi connectivity index (χ0) is 14.1. The fourth-order valence-corrected chi connectivity index (χ4v) is 2.17. The quantitative estimate of drug-likeness (QED) is 0.694. The Morgan fingerprint density at radius 3 is 2.63 bits per heavy atom. The zero-order valence-electron chi connectivity index (χ0n) is 12.2. The Balaban J connectivity index is 2.60. The van der Waals surface area contributed by atoms with Crippen LogP contribution in [0.25, 0.3) is 0 Å². The standard InChI is InChI=1S/C16H26N2O/c1-3-4-5-6-11-18(12-10-16(17)19)15-9-7-8-14(2)13-15/h7-9,13H,3-6,10-12H2,1-2H3,(H2,17,19). The van der Waals surface area contributed by atoms with Gasteiger partial charge in [-0.1, -0.05) is 38.3 Å². The van der Waals surface area contributed by atoms with Crippen LogP contribution in [0.1, 0.15) is 44.6 Å². The van der Waals surface area contributed by atoms with Gasteiger partial charge in [0.1, 0.15) is 0 Å². The van der Waals surface area contributed by atoms with E-state index in [-0.39, 0.29) is 5.91 Å². The van der Waals surface area contributed by atoms with Gasteiger partial charge in [0, 0.05) is 25.2 Å². The lowest BCUT2D eigenvalue weighted by atomic mass is 10.1. The summed E-state index contributed by atoms with van der Waals surface area (Å²) < 4.78 is 0. The molecule has 0 atom stereocenters. The van der Waals surface area contributed by atoms with Gasteiger partial charge in [-0.3, -0.25) is 4.79 Å². The number of hydrogen-bond acceptors (Lipinski definition) is 2. The molecule has 3 nitrogen and oxygen atoms in total.